The molecule has 2 heterocycles. The van der Waals surface area contributed by atoms with Gasteiger partial charge in [0, 0.05) is 25.2 Å². The molecule has 0 aromatic carbocycles. The number of amides is 2. The summed E-state index contributed by atoms with van der Waals surface area (Å²) in [5.74, 6) is -0.940. The molecule has 0 saturated carbocycles. The Morgan fingerprint density at radius 2 is 1.86 bits per heavy atom. The molecule has 2 aliphatic rings. The van der Waals surface area contributed by atoms with E-state index in [4.69, 9.17) is 9.84 Å². The van der Waals surface area contributed by atoms with Crippen LogP contribution in [-0.2, 0) is 9.53 Å². The van der Waals surface area contributed by atoms with Crippen LogP contribution in [0.15, 0.2) is 0 Å². The molecule has 2 unspecified atom stereocenters. The van der Waals surface area contributed by atoms with Gasteiger partial charge in [-0.2, -0.15) is 0 Å². The fraction of sp³-hybridized carbons (Fsp3) is 0.867. The maximum Gasteiger partial charge on any atom is 0.329 e. The van der Waals surface area contributed by atoms with Crippen molar-refractivity contribution in [3.05, 3.63) is 0 Å². The zero-order valence-electron chi connectivity index (χ0n) is 13.0. The van der Waals surface area contributed by atoms with Crippen LogP contribution < -0.4 is 0 Å². The van der Waals surface area contributed by atoms with Gasteiger partial charge in [-0.1, -0.05) is 6.92 Å². The molecule has 2 saturated heterocycles. The zero-order valence-corrected chi connectivity index (χ0v) is 13.0. The first-order valence-electron chi connectivity index (χ1n) is 7.93. The molecule has 0 radical (unpaired) electrons. The number of hydrogen-bond acceptors (Lipinski definition) is 3. The molecule has 6 nitrogen and oxygen atoms in total. The molecule has 0 aliphatic carbocycles. The number of carbonyl (C=O) groups excluding carboxylic acids is 1. The van der Waals surface area contributed by atoms with Gasteiger partial charge < -0.3 is 19.6 Å². The van der Waals surface area contributed by atoms with Crippen molar-refractivity contribution in [1.29, 1.82) is 0 Å². The first-order chi connectivity index (χ1) is 10.0. The Hall–Kier alpha value is -1.30. The van der Waals surface area contributed by atoms with Gasteiger partial charge in [-0.05, 0) is 39.0 Å². The minimum atomic E-state index is -0.940. The van der Waals surface area contributed by atoms with Crippen molar-refractivity contribution >= 4 is 12.0 Å². The van der Waals surface area contributed by atoms with Crippen LogP contribution in [-0.4, -0.2) is 64.8 Å². The third-order valence-corrected chi connectivity index (χ3v) is 4.63. The molecule has 21 heavy (non-hydrogen) atoms. The zero-order chi connectivity index (χ0) is 15.4. The second-order valence-corrected chi connectivity index (χ2v) is 6.07. The quantitative estimate of drug-likeness (QED) is 0.861. The highest BCUT2D eigenvalue weighted by atomic mass is 16.5. The Morgan fingerprint density at radius 1 is 1.19 bits per heavy atom. The summed E-state index contributed by atoms with van der Waals surface area (Å²) in [6.45, 7) is 5.32. The standard InChI is InChI=1S/C15H26N2O4/c1-3-12-5-4-11(2)17(12)15(20)16-8-6-13(7-9-16)21-10-14(18)19/h11-13H,3-10H2,1-2H3,(H,18,19). The number of rotatable bonds is 4. The summed E-state index contributed by atoms with van der Waals surface area (Å²) in [6, 6.07) is 0.834. The van der Waals surface area contributed by atoms with E-state index < -0.39 is 5.97 Å². The lowest BCUT2D eigenvalue weighted by Gasteiger charge is -2.37. The van der Waals surface area contributed by atoms with Crippen molar-refractivity contribution < 1.29 is 19.4 Å². The van der Waals surface area contributed by atoms with Crippen molar-refractivity contribution in [3.8, 4) is 0 Å². The number of carboxylic acid groups (broad SMARTS) is 1. The SMILES string of the molecule is CCC1CCC(C)N1C(=O)N1CCC(OCC(=O)O)CC1. The molecule has 2 fully saturated rings. The van der Waals surface area contributed by atoms with Crippen LogP contribution in [0.25, 0.3) is 0 Å². The minimum Gasteiger partial charge on any atom is -0.480 e. The van der Waals surface area contributed by atoms with Gasteiger partial charge in [0.25, 0.3) is 0 Å². The number of aliphatic carboxylic acids is 1. The molecular formula is C15H26N2O4. The Balaban J connectivity index is 1.84. The molecule has 0 aromatic heterocycles. The second kappa shape index (κ2) is 7.11. The monoisotopic (exact) mass is 298 g/mol. The largest absolute Gasteiger partial charge is 0.480 e. The van der Waals surface area contributed by atoms with Gasteiger partial charge in [0.05, 0.1) is 6.10 Å². The Labute approximate surface area is 126 Å². The summed E-state index contributed by atoms with van der Waals surface area (Å²) in [5.41, 5.74) is 0. The Bertz CT molecular complexity index is 380. The molecule has 1 N–H and O–H groups in total. The Morgan fingerprint density at radius 3 is 2.43 bits per heavy atom. The normalized spacial score (nSPS) is 27.1. The lowest BCUT2D eigenvalue weighted by atomic mass is 10.1. The first-order valence-corrected chi connectivity index (χ1v) is 7.93. The lowest BCUT2D eigenvalue weighted by molar-refractivity contribution is -0.145. The highest BCUT2D eigenvalue weighted by molar-refractivity contribution is 5.75. The van der Waals surface area contributed by atoms with E-state index in [-0.39, 0.29) is 18.7 Å². The van der Waals surface area contributed by atoms with Crippen molar-refractivity contribution in [2.24, 2.45) is 0 Å². The van der Waals surface area contributed by atoms with Gasteiger partial charge in [0.2, 0.25) is 0 Å². The number of nitrogens with zero attached hydrogens (tertiary/aromatic N) is 2. The summed E-state index contributed by atoms with van der Waals surface area (Å²) < 4.78 is 5.31. The minimum absolute atomic E-state index is 0.0388. The lowest BCUT2D eigenvalue weighted by Crippen LogP contribution is -2.51. The predicted octanol–water partition coefficient (Wildman–Crippen LogP) is 1.93. The topological polar surface area (TPSA) is 70.1 Å². The number of carboxylic acids is 1. The van der Waals surface area contributed by atoms with Crippen LogP contribution in [0.5, 0.6) is 0 Å². The van der Waals surface area contributed by atoms with Crippen molar-refractivity contribution in [2.75, 3.05) is 19.7 Å². The maximum atomic E-state index is 12.7. The summed E-state index contributed by atoms with van der Waals surface area (Å²) in [4.78, 5) is 27.1. The van der Waals surface area contributed by atoms with Crippen LogP contribution in [0.4, 0.5) is 4.79 Å². The predicted molar refractivity (Wildman–Crippen MR) is 78.2 cm³/mol. The molecule has 120 valence electrons. The third kappa shape index (κ3) is 3.87. The molecule has 6 heteroatoms. The number of carbonyl (C=O) groups is 2. The average molecular weight is 298 g/mol. The fourth-order valence-corrected chi connectivity index (χ4v) is 3.38. The molecule has 0 bridgehead atoms. The Kier molecular flexibility index (Phi) is 5.45. The van der Waals surface area contributed by atoms with E-state index in [9.17, 15) is 9.59 Å². The van der Waals surface area contributed by atoms with E-state index in [0.29, 0.717) is 25.2 Å². The highest BCUT2D eigenvalue weighted by Gasteiger charge is 2.36. The molecule has 0 aromatic rings. The third-order valence-electron chi connectivity index (χ3n) is 4.63. The fourth-order valence-electron chi connectivity index (χ4n) is 3.38. The molecule has 0 spiro atoms. The number of urea groups is 1. The molecule has 2 atom stereocenters. The second-order valence-electron chi connectivity index (χ2n) is 6.07. The number of ether oxygens (including phenoxy) is 1. The van der Waals surface area contributed by atoms with E-state index in [1.807, 2.05) is 9.80 Å². The van der Waals surface area contributed by atoms with E-state index >= 15 is 0 Å². The van der Waals surface area contributed by atoms with Gasteiger partial charge in [-0.15, -0.1) is 0 Å². The maximum absolute atomic E-state index is 12.7. The number of hydrogen-bond donors (Lipinski definition) is 1. The van der Waals surface area contributed by atoms with E-state index in [1.54, 1.807) is 0 Å². The summed E-state index contributed by atoms with van der Waals surface area (Å²) in [6.07, 6.45) is 4.59. The summed E-state index contributed by atoms with van der Waals surface area (Å²) in [5, 5.41) is 8.62. The van der Waals surface area contributed by atoms with Gasteiger partial charge in [0.1, 0.15) is 6.61 Å². The van der Waals surface area contributed by atoms with Crippen LogP contribution >= 0.6 is 0 Å². The van der Waals surface area contributed by atoms with Crippen LogP contribution in [0.2, 0.25) is 0 Å². The van der Waals surface area contributed by atoms with Crippen LogP contribution in [0.1, 0.15) is 46.0 Å². The highest BCUT2D eigenvalue weighted by Crippen LogP contribution is 2.28. The van der Waals surface area contributed by atoms with Gasteiger partial charge in [0.15, 0.2) is 0 Å². The van der Waals surface area contributed by atoms with E-state index in [0.717, 1.165) is 32.1 Å². The van der Waals surface area contributed by atoms with Crippen molar-refractivity contribution in [2.45, 2.75) is 64.1 Å². The van der Waals surface area contributed by atoms with Gasteiger partial charge in [-0.25, -0.2) is 9.59 Å². The van der Waals surface area contributed by atoms with Crippen molar-refractivity contribution in [1.82, 2.24) is 9.80 Å². The number of piperidine rings is 1. The molecular weight excluding hydrogens is 272 g/mol. The molecule has 2 amide bonds. The van der Waals surface area contributed by atoms with Gasteiger partial charge in [-0.3, -0.25) is 0 Å². The smallest absolute Gasteiger partial charge is 0.329 e. The van der Waals surface area contributed by atoms with Crippen LogP contribution in [0.3, 0.4) is 0 Å². The van der Waals surface area contributed by atoms with Crippen molar-refractivity contribution in [3.63, 3.8) is 0 Å². The molecule has 2 rings (SSSR count). The van der Waals surface area contributed by atoms with Crippen LogP contribution in [0, 0.1) is 0 Å². The molecule has 2 aliphatic heterocycles. The van der Waals surface area contributed by atoms with E-state index in [1.165, 1.54) is 0 Å². The van der Waals surface area contributed by atoms with Gasteiger partial charge >= 0.3 is 12.0 Å². The summed E-state index contributed by atoms with van der Waals surface area (Å²) in [7, 11) is 0. The first kappa shape index (κ1) is 16.1. The van der Waals surface area contributed by atoms with E-state index in [2.05, 4.69) is 13.8 Å². The average Bonchev–Trinajstić information content (AvgIpc) is 2.85. The number of likely N-dealkylation sites (tertiary alicyclic amines) is 2. The summed E-state index contributed by atoms with van der Waals surface area (Å²) >= 11 is 0.